The van der Waals surface area contributed by atoms with Gasteiger partial charge in [0.25, 0.3) is 0 Å². The highest BCUT2D eigenvalue weighted by Crippen LogP contribution is 2.65. The number of aryl methyl sites for hydroxylation is 1. The molecule has 0 amide bonds. The molecule has 188 valence electrons. The van der Waals surface area contributed by atoms with E-state index in [1.54, 1.807) is 34.4 Å². The number of nitrogens with zero attached hydrogens (tertiary/aromatic N) is 5. The van der Waals surface area contributed by atoms with Crippen LogP contribution in [0.2, 0.25) is 0 Å². The Morgan fingerprint density at radius 2 is 1.94 bits per heavy atom. The number of methoxy groups -OCH3 is 1. The van der Waals surface area contributed by atoms with Gasteiger partial charge in [-0.05, 0) is 66.3 Å². The third-order valence-electron chi connectivity index (χ3n) is 8.07. The summed E-state index contributed by atoms with van der Waals surface area (Å²) in [6.07, 6.45) is 4.82. The van der Waals surface area contributed by atoms with Gasteiger partial charge in [0.15, 0.2) is 0 Å². The van der Waals surface area contributed by atoms with Crippen LogP contribution in [0, 0.1) is 24.6 Å². The second-order valence-electron chi connectivity index (χ2n) is 9.92. The molecule has 3 heterocycles. The van der Waals surface area contributed by atoms with E-state index in [9.17, 15) is 12.8 Å². The predicted octanol–water partition coefficient (Wildman–Crippen LogP) is 3.52. The highest BCUT2D eigenvalue weighted by molar-refractivity contribution is 7.89. The van der Waals surface area contributed by atoms with E-state index in [4.69, 9.17) is 4.74 Å². The molecule has 8 nitrogen and oxygen atoms in total. The van der Waals surface area contributed by atoms with Crippen LogP contribution in [0.1, 0.15) is 18.1 Å². The lowest BCUT2D eigenvalue weighted by molar-refractivity contribution is 0.183. The largest absolute Gasteiger partial charge is 0.383 e. The Bertz CT molecular complexity index is 1560. The normalized spacial score (nSPS) is 23.9. The van der Waals surface area contributed by atoms with Crippen LogP contribution in [-0.2, 0) is 26.7 Å². The molecule has 0 radical (unpaired) electrons. The van der Waals surface area contributed by atoms with E-state index in [2.05, 4.69) is 36.2 Å². The highest BCUT2D eigenvalue weighted by Gasteiger charge is 2.69. The maximum atomic E-state index is 13.5. The Labute approximate surface area is 209 Å². The zero-order chi connectivity index (χ0) is 25.2. The molecule has 0 bridgehead atoms. The van der Waals surface area contributed by atoms with Crippen molar-refractivity contribution in [2.45, 2.75) is 30.7 Å². The van der Waals surface area contributed by atoms with Gasteiger partial charge in [0.1, 0.15) is 10.7 Å². The van der Waals surface area contributed by atoms with Crippen LogP contribution >= 0.6 is 0 Å². The number of hydrogen-bond donors (Lipinski definition) is 0. The van der Waals surface area contributed by atoms with E-state index >= 15 is 0 Å². The summed E-state index contributed by atoms with van der Waals surface area (Å²) < 4.78 is 50.4. The Kier molecular flexibility index (Phi) is 5.33. The van der Waals surface area contributed by atoms with E-state index < -0.39 is 10.0 Å². The van der Waals surface area contributed by atoms with Crippen LogP contribution in [0.15, 0.2) is 59.9 Å². The maximum Gasteiger partial charge on any atom is 0.246 e. The first-order chi connectivity index (χ1) is 17.3. The van der Waals surface area contributed by atoms with Crippen LogP contribution in [0.4, 0.5) is 4.39 Å². The molecule has 1 aliphatic carbocycles. The van der Waals surface area contributed by atoms with Crippen LogP contribution in [0.3, 0.4) is 0 Å². The van der Waals surface area contributed by atoms with Gasteiger partial charge in [-0.1, -0.05) is 6.92 Å². The Morgan fingerprint density at radius 1 is 1.17 bits per heavy atom. The first-order valence-corrected chi connectivity index (χ1v) is 13.5. The van der Waals surface area contributed by atoms with Crippen molar-refractivity contribution in [1.82, 2.24) is 23.9 Å². The lowest BCUT2D eigenvalue weighted by atomic mass is 9.88. The number of sulfonamides is 1. The Morgan fingerprint density at radius 3 is 2.69 bits per heavy atom. The van der Waals surface area contributed by atoms with Crippen molar-refractivity contribution >= 4 is 20.9 Å². The second-order valence-corrected chi connectivity index (χ2v) is 11.9. The lowest BCUT2D eigenvalue weighted by Crippen LogP contribution is -2.34. The van der Waals surface area contributed by atoms with Crippen molar-refractivity contribution in [3.63, 3.8) is 0 Å². The molecule has 0 N–H and O–H groups in total. The molecular weight excluding hydrogens is 481 g/mol. The molecule has 6 rings (SSSR count). The van der Waals surface area contributed by atoms with Crippen molar-refractivity contribution in [1.29, 1.82) is 0 Å². The van der Waals surface area contributed by atoms with Crippen molar-refractivity contribution in [3.8, 4) is 5.69 Å². The molecule has 10 heteroatoms. The minimum Gasteiger partial charge on any atom is -0.383 e. The average Bonchev–Trinajstić information content (AvgIpc) is 3.39. The van der Waals surface area contributed by atoms with Gasteiger partial charge in [0.2, 0.25) is 10.0 Å². The fraction of sp³-hybridized carbons (Fsp3) is 0.385. The number of hydrogen-bond acceptors (Lipinski definition) is 5. The SMILES string of the molecule is COCCn1cc(S(=O)(=O)N2C[C@@H]3[C@@H](C)[C@]3(c3cc4cnn(-c5ccc(F)cc5)c4cc3C)C2)cn1. The number of rotatable bonds is 7. The number of fused-ring (bicyclic) bond motifs is 2. The van der Waals surface area contributed by atoms with Crippen molar-refractivity contribution in [2.75, 3.05) is 26.8 Å². The van der Waals surface area contributed by atoms with Gasteiger partial charge in [0.05, 0.1) is 36.7 Å². The molecule has 2 aromatic carbocycles. The van der Waals surface area contributed by atoms with Gasteiger partial charge >= 0.3 is 0 Å². The summed E-state index contributed by atoms with van der Waals surface area (Å²) in [5.74, 6) is 0.361. The van der Waals surface area contributed by atoms with E-state index in [0.717, 1.165) is 22.2 Å². The molecule has 2 fully saturated rings. The zero-order valence-electron chi connectivity index (χ0n) is 20.4. The minimum absolute atomic E-state index is 0.213. The standard InChI is InChI=1S/C26H28FN5O3S/c1-17-10-25-19(12-29-32(25)21-6-4-20(27)5-7-21)11-23(17)26-16-31(15-24(26)18(26)2)36(33,34)22-13-28-30(14-22)8-9-35-3/h4-7,10-14,18,24H,8-9,15-16H2,1-3H3/t18-,24-,26+/m1/s1. The fourth-order valence-electron chi connectivity index (χ4n) is 6.00. The van der Waals surface area contributed by atoms with Gasteiger partial charge in [-0.3, -0.25) is 4.68 Å². The van der Waals surface area contributed by atoms with E-state index in [-0.39, 0.29) is 22.0 Å². The fourth-order valence-corrected chi connectivity index (χ4v) is 7.47. The van der Waals surface area contributed by atoms with Crippen molar-refractivity contribution in [3.05, 3.63) is 71.9 Å². The van der Waals surface area contributed by atoms with Gasteiger partial charge in [-0.2, -0.15) is 14.5 Å². The molecule has 0 spiro atoms. The molecule has 2 aromatic heterocycles. The molecule has 4 aromatic rings. The summed E-state index contributed by atoms with van der Waals surface area (Å²) >= 11 is 0. The number of aromatic nitrogens is 4. The minimum atomic E-state index is -3.64. The summed E-state index contributed by atoms with van der Waals surface area (Å²) in [5, 5.41) is 9.72. The molecule has 36 heavy (non-hydrogen) atoms. The third kappa shape index (κ3) is 3.42. The zero-order valence-corrected chi connectivity index (χ0v) is 21.2. The van der Waals surface area contributed by atoms with Gasteiger partial charge in [-0.25, -0.2) is 17.5 Å². The maximum absolute atomic E-state index is 13.5. The summed E-state index contributed by atoms with van der Waals surface area (Å²) in [5.41, 5.74) is 3.80. The van der Waals surface area contributed by atoms with Crippen LogP contribution in [0.25, 0.3) is 16.6 Å². The monoisotopic (exact) mass is 509 g/mol. The van der Waals surface area contributed by atoms with Gasteiger partial charge in [0, 0.05) is 37.2 Å². The highest BCUT2D eigenvalue weighted by atomic mass is 32.2. The number of halogens is 1. The topological polar surface area (TPSA) is 82.3 Å². The first kappa shape index (κ1) is 23.3. The van der Waals surface area contributed by atoms with E-state index in [1.807, 2.05) is 10.9 Å². The average molecular weight is 510 g/mol. The first-order valence-electron chi connectivity index (χ1n) is 12.0. The van der Waals surface area contributed by atoms with Crippen LogP contribution in [0.5, 0.6) is 0 Å². The molecule has 1 saturated heterocycles. The predicted molar refractivity (Wildman–Crippen MR) is 133 cm³/mol. The smallest absolute Gasteiger partial charge is 0.246 e. The number of ether oxygens (including phenoxy) is 1. The lowest BCUT2D eigenvalue weighted by Gasteiger charge is -2.23. The van der Waals surface area contributed by atoms with E-state index in [0.29, 0.717) is 32.2 Å². The van der Waals surface area contributed by atoms with Crippen LogP contribution in [-0.4, -0.2) is 59.1 Å². The summed E-state index contributed by atoms with van der Waals surface area (Å²) in [4.78, 5) is 0.218. The molecule has 1 aliphatic heterocycles. The quantitative estimate of drug-likeness (QED) is 0.381. The summed E-state index contributed by atoms with van der Waals surface area (Å²) in [7, 11) is -2.04. The molecule has 0 unspecified atom stereocenters. The summed E-state index contributed by atoms with van der Waals surface area (Å²) in [6, 6.07) is 10.5. The molecular formula is C26H28FN5O3S. The number of benzene rings is 2. The van der Waals surface area contributed by atoms with Crippen LogP contribution < -0.4 is 0 Å². The molecule has 2 aliphatic rings. The van der Waals surface area contributed by atoms with Crippen molar-refractivity contribution < 1.29 is 17.5 Å². The van der Waals surface area contributed by atoms with Crippen molar-refractivity contribution in [2.24, 2.45) is 11.8 Å². The third-order valence-corrected chi connectivity index (χ3v) is 9.83. The molecule has 1 saturated carbocycles. The Balaban J connectivity index is 1.32. The summed E-state index contributed by atoms with van der Waals surface area (Å²) in [6.45, 7) is 6.20. The Hall–Kier alpha value is -3.08. The van der Waals surface area contributed by atoms with E-state index in [1.165, 1.54) is 23.9 Å². The number of piperidine rings is 1. The van der Waals surface area contributed by atoms with Gasteiger partial charge < -0.3 is 4.74 Å². The molecule has 3 atom stereocenters. The second kappa shape index (κ2) is 8.22. The van der Waals surface area contributed by atoms with Gasteiger partial charge in [-0.15, -0.1) is 0 Å².